The number of nitrogens with one attached hydrogen (secondary N) is 1. The number of carbonyl (C=O) groups excluding carboxylic acids is 1. The van der Waals surface area contributed by atoms with Crippen LogP contribution in [0.4, 0.5) is 13.2 Å². The third-order valence-corrected chi connectivity index (χ3v) is 4.04. The Morgan fingerprint density at radius 1 is 1.30 bits per heavy atom. The summed E-state index contributed by atoms with van der Waals surface area (Å²) in [5, 5.41) is 1.66. The lowest BCUT2D eigenvalue weighted by Crippen LogP contribution is -2.33. The van der Waals surface area contributed by atoms with Gasteiger partial charge in [0.05, 0.1) is 4.90 Å². The van der Waals surface area contributed by atoms with Gasteiger partial charge < -0.3 is 5.32 Å². The fraction of sp³-hybridized carbons (Fsp3) is 0.364. The average Bonchev–Trinajstić information content (AvgIpc) is 2.26. The topological polar surface area (TPSA) is 63.2 Å². The number of halogens is 4. The number of amides is 1. The molecule has 1 aromatic carbocycles. The molecule has 0 unspecified atom stereocenters. The fourth-order valence-corrected chi connectivity index (χ4v) is 2.77. The second-order valence-electron chi connectivity index (χ2n) is 4.15. The molecule has 0 heterocycles. The molecule has 0 spiro atoms. The molecular weight excluding hydrogens is 319 g/mol. The van der Waals surface area contributed by atoms with E-state index >= 15 is 0 Å². The van der Waals surface area contributed by atoms with Crippen molar-refractivity contribution in [3.05, 3.63) is 28.8 Å². The molecule has 1 rings (SSSR count). The number of carbonyl (C=O) groups is 1. The normalized spacial score (nSPS) is 12.3. The first-order valence-electron chi connectivity index (χ1n) is 5.32. The van der Waals surface area contributed by atoms with Crippen LogP contribution in [0.1, 0.15) is 21.5 Å². The summed E-state index contributed by atoms with van der Waals surface area (Å²) in [6, 6.07) is 2.25. The van der Waals surface area contributed by atoms with Gasteiger partial charge in [-0.05, 0) is 37.1 Å². The minimum atomic E-state index is -4.54. The van der Waals surface area contributed by atoms with Crippen molar-refractivity contribution in [3.8, 4) is 0 Å². The lowest BCUT2D eigenvalue weighted by Gasteiger charge is -2.11. The summed E-state index contributed by atoms with van der Waals surface area (Å²) in [5.74, 6) is -1.02. The zero-order valence-electron chi connectivity index (χ0n) is 10.5. The van der Waals surface area contributed by atoms with E-state index in [0.717, 1.165) is 6.07 Å². The molecule has 0 aliphatic heterocycles. The molecule has 0 aromatic heterocycles. The molecule has 0 saturated carbocycles. The maximum atomic E-state index is 12.0. The highest BCUT2D eigenvalue weighted by atomic mass is 35.7. The van der Waals surface area contributed by atoms with E-state index in [1.54, 1.807) is 5.32 Å². The van der Waals surface area contributed by atoms with E-state index < -0.39 is 27.7 Å². The van der Waals surface area contributed by atoms with Gasteiger partial charge in [-0.15, -0.1) is 0 Å². The van der Waals surface area contributed by atoms with Gasteiger partial charge in [-0.1, -0.05) is 0 Å². The third-order valence-electron chi connectivity index (χ3n) is 2.59. The van der Waals surface area contributed by atoms with Gasteiger partial charge in [0.2, 0.25) is 0 Å². The standard InChI is InChI=1S/C11H11ClF3NO3S/c1-6-3-8(10(17)16-5-11(13,14)15)4-9(7(6)2)20(12,18)19/h3-4H,5H2,1-2H3,(H,16,17). The van der Waals surface area contributed by atoms with Crippen molar-refractivity contribution in [2.45, 2.75) is 24.9 Å². The highest BCUT2D eigenvalue weighted by Gasteiger charge is 2.28. The number of alkyl halides is 3. The van der Waals surface area contributed by atoms with Crippen LogP contribution in [0.25, 0.3) is 0 Å². The molecule has 112 valence electrons. The van der Waals surface area contributed by atoms with Crippen molar-refractivity contribution in [3.63, 3.8) is 0 Å². The molecule has 1 N–H and O–H groups in total. The van der Waals surface area contributed by atoms with Gasteiger partial charge in [0, 0.05) is 16.2 Å². The summed E-state index contributed by atoms with van der Waals surface area (Å²) in [5.41, 5.74) is 0.577. The first kappa shape index (κ1) is 16.8. The van der Waals surface area contributed by atoms with Crippen molar-refractivity contribution in [2.75, 3.05) is 6.54 Å². The van der Waals surface area contributed by atoms with Crippen molar-refractivity contribution >= 4 is 25.6 Å². The van der Waals surface area contributed by atoms with Gasteiger partial charge in [0.15, 0.2) is 0 Å². The van der Waals surface area contributed by atoms with Crippen molar-refractivity contribution in [2.24, 2.45) is 0 Å². The zero-order chi connectivity index (χ0) is 15.7. The molecule has 0 fully saturated rings. The number of hydrogen-bond acceptors (Lipinski definition) is 3. The quantitative estimate of drug-likeness (QED) is 0.867. The molecular formula is C11H11ClF3NO3S. The van der Waals surface area contributed by atoms with Crippen LogP contribution in [0.5, 0.6) is 0 Å². The van der Waals surface area contributed by atoms with Crippen molar-refractivity contribution in [1.82, 2.24) is 5.32 Å². The monoisotopic (exact) mass is 329 g/mol. The Balaban J connectivity index is 3.15. The van der Waals surface area contributed by atoms with Gasteiger partial charge in [0.25, 0.3) is 15.0 Å². The number of benzene rings is 1. The Labute approximate surface area is 118 Å². The third kappa shape index (κ3) is 4.38. The minimum Gasteiger partial charge on any atom is -0.343 e. The Hall–Kier alpha value is -1.28. The predicted molar refractivity (Wildman–Crippen MR) is 67.3 cm³/mol. The molecule has 1 amide bonds. The van der Waals surface area contributed by atoms with E-state index in [0.29, 0.717) is 11.1 Å². The first-order valence-corrected chi connectivity index (χ1v) is 7.63. The van der Waals surface area contributed by atoms with E-state index in [4.69, 9.17) is 10.7 Å². The molecule has 0 saturated heterocycles. The van der Waals surface area contributed by atoms with E-state index in [2.05, 4.69) is 0 Å². The van der Waals surface area contributed by atoms with Crippen LogP contribution < -0.4 is 5.32 Å². The SMILES string of the molecule is Cc1cc(C(=O)NCC(F)(F)F)cc(S(=O)(=O)Cl)c1C. The Morgan fingerprint density at radius 2 is 1.85 bits per heavy atom. The van der Waals surface area contributed by atoms with Crippen LogP contribution in [0.15, 0.2) is 17.0 Å². The molecule has 9 heteroatoms. The van der Waals surface area contributed by atoms with Crippen LogP contribution in [0.3, 0.4) is 0 Å². The van der Waals surface area contributed by atoms with E-state index in [1.165, 1.54) is 19.9 Å². The fourth-order valence-electron chi connectivity index (χ4n) is 1.49. The molecule has 0 atom stereocenters. The summed E-state index contributed by atoms with van der Waals surface area (Å²) in [6.07, 6.45) is -4.54. The zero-order valence-corrected chi connectivity index (χ0v) is 12.1. The van der Waals surface area contributed by atoms with Gasteiger partial charge in [0.1, 0.15) is 6.54 Å². The smallest absolute Gasteiger partial charge is 0.343 e. The Morgan fingerprint density at radius 3 is 2.30 bits per heavy atom. The van der Waals surface area contributed by atoms with E-state index in [-0.39, 0.29) is 10.5 Å². The van der Waals surface area contributed by atoms with E-state index in [9.17, 15) is 26.4 Å². The molecule has 1 aromatic rings. The largest absolute Gasteiger partial charge is 0.405 e. The van der Waals surface area contributed by atoms with Crippen LogP contribution in [0.2, 0.25) is 0 Å². The Bertz CT molecular complexity index is 641. The first-order chi connectivity index (χ1) is 8.92. The predicted octanol–water partition coefficient (Wildman–Crippen LogP) is 2.52. The molecule has 0 aliphatic carbocycles. The molecule has 0 bridgehead atoms. The van der Waals surface area contributed by atoms with E-state index in [1.807, 2.05) is 0 Å². The molecule has 0 radical (unpaired) electrons. The molecule has 20 heavy (non-hydrogen) atoms. The van der Waals surface area contributed by atoms with Gasteiger partial charge in [-0.3, -0.25) is 4.79 Å². The lowest BCUT2D eigenvalue weighted by molar-refractivity contribution is -0.123. The second-order valence-corrected chi connectivity index (χ2v) is 6.69. The van der Waals surface area contributed by atoms with Crippen molar-refractivity contribution < 1.29 is 26.4 Å². The van der Waals surface area contributed by atoms with Crippen LogP contribution in [-0.2, 0) is 9.05 Å². The summed E-state index contributed by atoms with van der Waals surface area (Å²) in [4.78, 5) is 11.3. The molecule has 4 nitrogen and oxygen atoms in total. The van der Waals surface area contributed by atoms with Crippen LogP contribution in [-0.4, -0.2) is 27.0 Å². The highest BCUT2D eigenvalue weighted by Crippen LogP contribution is 2.24. The average molecular weight is 330 g/mol. The maximum absolute atomic E-state index is 12.0. The van der Waals surface area contributed by atoms with Crippen LogP contribution in [0, 0.1) is 13.8 Å². The van der Waals surface area contributed by atoms with Gasteiger partial charge in [-0.25, -0.2) is 8.42 Å². The maximum Gasteiger partial charge on any atom is 0.405 e. The van der Waals surface area contributed by atoms with Crippen LogP contribution >= 0.6 is 10.7 Å². The summed E-state index contributed by atoms with van der Waals surface area (Å²) < 4.78 is 58.7. The van der Waals surface area contributed by atoms with Gasteiger partial charge >= 0.3 is 6.18 Å². The number of aryl methyl sites for hydroxylation is 1. The van der Waals surface area contributed by atoms with Gasteiger partial charge in [-0.2, -0.15) is 13.2 Å². The lowest BCUT2D eigenvalue weighted by atomic mass is 10.1. The number of hydrogen-bond donors (Lipinski definition) is 1. The summed E-state index contributed by atoms with van der Waals surface area (Å²) in [7, 11) is 1.14. The second kappa shape index (κ2) is 5.61. The number of rotatable bonds is 3. The minimum absolute atomic E-state index is 0.198. The Kier molecular flexibility index (Phi) is 4.70. The van der Waals surface area contributed by atoms with Crippen molar-refractivity contribution in [1.29, 1.82) is 0 Å². The summed E-state index contributed by atoms with van der Waals surface area (Å²) in [6.45, 7) is 1.52. The molecule has 0 aliphatic rings. The highest BCUT2D eigenvalue weighted by molar-refractivity contribution is 8.13. The summed E-state index contributed by atoms with van der Waals surface area (Å²) >= 11 is 0.